The lowest BCUT2D eigenvalue weighted by Gasteiger charge is -2.19. The number of carbonyl (C=O) groups excluding carboxylic acids is 2. The van der Waals surface area contributed by atoms with Gasteiger partial charge in [-0.3, -0.25) is 9.59 Å². The zero-order valence-corrected chi connectivity index (χ0v) is 19.8. The number of hydrogen-bond donors (Lipinski definition) is 2. The van der Waals surface area contributed by atoms with E-state index in [0.717, 1.165) is 12.1 Å². The van der Waals surface area contributed by atoms with Crippen molar-refractivity contribution in [3.8, 4) is 0 Å². The number of hydrogen-bond acceptors (Lipinski definition) is 7. The molecule has 4 rings (SSSR count). The zero-order chi connectivity index (χ0) is 26.7. The molecular weight excluding hydrogens is 491 g/mol. The molecule has 2 aromatic heterocycles. The molecule has 0 bridgehead atoms. The van der Waals surface area contributed by atoms with E-state index in [4.69, 9.17) is 4.52 Å². The largest absolute Gasteiger partial charge is 0.416 e. The summed E-state index contributed by atoms with van der Waals surface area (Å²) in [7, 11) is 0. The minimum atomic E-state index is -4.50. The molecular formula is C25H22F3N5O4. The molecule has 0 fully saturated rings. The van der Waals surface area contributed by atoms with Crippen molar-refractivity contribution in [2.45, 2.75) is 38.9 Å². The summed E-state index contributed by atoms with van der Waals surface area (Å²) in [6.07, 6.45) is -4.85. The fraction of sp³-hybridized carbons (Fsp3) is 0.280. The Kier molecular flexibility index (Phi) is 7.18. The molecule has 0 saturated carbocycles. The first-order valence-corrected chi connectivity index (χ1v) is 11.3. The third-order valence-electron chi connectivity index (χ3n) is 5.61. The van der Waals surface area contributed by atoms with Crippen LogP contribution in [0.3, 0.4) is 0 Å². The van der Waals surface area contributed by atoms with Crippen molar-refractivity contribution in [2.24, 2.45) is 5.92 Å². The summed E-state index contributed by atoms with van der Waals surface area (Å²) < 4.78 is 44.0. The van der Waals surface area contributed by atoms with Crippen LogP contribution in [0.4, 0.5) is 13.2 Å². The molecule has 4 aromatic rings. The van der Waals surface area contributed by atoms with Crippen LogP contribution in [0, 0.1) is 5.92 Å². The van der Waals surface area contributed by atoms with Crippen molar-refractivity contribution >= 4 is 22.6 Å². The molecule has 0 spiro atoms. The number of aromatic nitrogens is 4. The van der Waals surface area contributed by atoms with Gasteiger partial charge in [0.25, 0.3) is 0 Å². The van der Waals surface area contributed by atoms with E-state index in [1.54, 1.807) is 38.1 Å². The Morgan fingerprint density at radius 3 is 2.57 bits per heavy atom. The van der Waals surface area contributed by atoms with Crippen LogP contribution in [0.25, 0.3) is 10.9 Å². The number of carbonyl (C=O) groups is 2. The van der Waals surface area contributed by atoms with Gasteiger partial charge >= 0.3 is 11.9 Å². The van der Waals surface area contributed by atoms with Gasteiger partial charge in [-0.15, -0.1) is 0 Å². The normalized spacial score (nSPS) is 12.6. The van der Waals surface area contributed by atoms with E-state index in [9.17, 15) is 27.6 Å². The maximum absolute atomic E-state index is 13.1. The maximum Gasteiger partial charge on any atom is 0.416 e. The fourth-order valence-electron chi connectivity index (χ4n) is 3.81. The summed E-state index contributed by atoms with van der Waals surface area (Å²) in [4.78, 5) is 48.3. The van der Waals surface area contributed by atoms with Crippen LogP contribution in [0.1, 0.15) is 47.2 Å². The third kappa shape index (κ3) is 6.08. The summed E-state index contributed by atoms with van der Waals surface area (Å²) >= 11 is 0. The minimum Gasteiger partial charge on any atom is -0.345 e. The van der Waals surface area contributed by atoms with E-state index in [1.807, 2.05) is 0 Å². The number of halogens is 3. The van der Waals surface area contributed by atoms with Crippen molar-refractivity contribution in [1.29, 1.82) is 0 Å². The summed E-state index contributed by atoms with van der Waals surface area (Å²) in [5, 5.41) is 6.91. The van der Waals surface area contributed by atoms with E-state index >= 15 is 0 Å². The lowest BCUT2D eigenvalue weighted by Crippen LogP contribution is -2.45. The molecule has 1 amide bonds. The number of ketones is 1. The van der Waals surface area contributed by atoms with Gasteiger partial charge in [0.05, 0.1) is 35.7 Å². The Morgan fingerprint density at radius 1 is 1.08 bits per heavy atom. The highest BCUT2D eigenvalue weighted by Gasteiger charge is 2.31. The molecule has 9 nitrogen and oxygen atoms in total. The highest BCUT2D eigenvalue weighted by molar-refractivity contribution is 5.99. The molecule has 0 saturated heterocycles. The summed E-state index contributed by atoms with van der Waals surface area (Å²) in [5.41, 5.74) is -0.343. The molecule has 0 aliphatic carbocycles. The Labute approximate surface area is 208 Å². The van der Waals surface area contributed by atoms with E-state index in [0.29, 0.717) is 10.9 Å². The number of aromatic amines is 1. The topological polar surface area (TPSA) is 131 Å². The number of amides is 1. The number of alkyl halides is 3. The zero-order valence-electron chi connectivity index (χ0n) is 19.8. The quantitative estimate of drug-likeness (QED) is 0.345. The second-order valence-corrected chi connectivity index (χ2v) is 8.75. The lowest BCUT2D eigenvalue weighted by molar-refractivity contribution is -0.137. The first kappa shape index (κ1) is 25.7. The number of nitrogens with zero attached hydrogens (tertiary/aromatic N) is 3. The molecule has 1 atom stereocenters. The Hall–Kier alpha value is -4.35. The number of para-hydroxylation sites is 1. The predicted molar refractivity (Wildman–Crippen MR) is 126 cm³/mol. The molecule has 37 heavy (non-hydrogen) atoms. The number of benzene rings is 2. The first-order valence-electron chi connectivity index (χ1n) is 11.3. The standard InChI is InChI=1S/C25H22F3N5O4/c1-13(2)21(31-19(34)12-18-16-8-3-4-9-17(16)29-24(36)30-18)22(35)23-32-20(37-33-23)11-14-6-5-7-15(10-14)25(26,27)28/h3-10,13,21H,11-12H2,1-2H3,(H,31,34)(H,29,30,36)/t21-/m0/s1. The molecule has 2 aromatic carbocycles. The van der Waals surface area contributed by atoms with Crippen molar-refractivity contribution in [2.75, 3.05) is 0 Å². The van der Waals surface area contributed by atoms with Gasteiger partial charge in [0, 0.05) is 5.39 Å². The average molecular weight is 513 g/mol. The van der Waals surface area contributed by atoms with Crippen LogP contribution in [0.5, 0.6) is 0 Å². The van der Waals surface area contributed by atoms with Crippen LogP contribution < -0.4 is 11.0 Å². The maximum atomic E-state index is 13.1. The first-order chi connectivity index (χ1) is 17.5. The van der Waals surface area contributed by atoms with E-state index < -0.39 is 35.2 Å². The summed E-state index contributed by atoms with van der Waals surface area (Å²) in [6, 6.07) is 10.5. The van der Waals surface area contributed by atoms with Gasteiger partial charge in [0.15, 0.2) is 0 Å². The highest BCUT2D eigenvalue weighted by Crippen LogP contribution is 2.30. The van der Waals surface area contributed by atoms with Crippen LogP contribution in [0.15, 0.2) is 57.8 Å². The second-order valence-electron chi connectivity index (χ2n) is 8.75. The van der Waals surface area contributed by atoms with Gasteiger partial charge in [0.1, 0.15) is 0 Å². The Morgan fingerprint density at radius 2 is 1.84 bits per heavy atom. The molecule has 12 heteroatoms. The summed E-state index contributed by atoms with van der Waals surface area (Å²) in [5.74, 6) is -1.86. The number of rotatable bonds is 8. The number of H-pyrrole nitrogens is 1. The van der Waals surface area contributed by atoms with E-state index in [1.165, 1.54) is 12.1 Å². The monoisotopic (exact) mass is 513 g/mol. The van der Waals surface area contributed by atoms with E-state index in [-0.39, 0.29) is 41.7 Å². The molecule has 192 valence electrons. The number of nitrogens with one attached hydrogen (secondary N) is 2. The molecule has 0 aliphatic heterocycles. The van der Waals surface area contributed by atoms with Gasteiger partial charge in [0.2, 0.25) is 23.4 Å². The van der Waals surface area contributed by atoms with Crippen molar-refractivity contribution in [3.63, 3.8) is 0 Å². The predicted octanol–water partition coefficient (Wildman–Crippen LogP) is 3.48. The average Bonchev–Trinajstić information content (AvgIpc) is 3.30. The molecule has 2 heterocycles. The van der Waals surface area contributed by atoms with Gasteiger partial charge in [-0.05, 0) is 23.6 Å². The van der Waals surface area contributed by atoms with Crippen LogP contribution in [-0.2, 0) is 23.8 Å². The molecule has 0 unspecified atom stereocenters. The smallest absolute Gasteiger partial charge is 0.345 e. The number of Topliss-reactive ketones (excluding diaryl/α,β-unsaturated/α-hetero) is 1. The molecule has 0 radical (unpaired) electrons. The molecule has 0 aliphatic rings. The third-order valence-corrected chi connectivity index (χ3v) is 5.61. The van der Waals surface area contributed by atoms with Crippen LogP contribution >= 0.6 is 0 Å². The van der Waals surface area contributed by atoms with Crippen molar-refractivity contribution < 1.29 is 27.3 Å². The van der Waals surface area contributed by atoms with Gasteiger partial charge < -0.3 is 14.8 Å². The minimum absolute atomic E-state index is 0.0457. The van der Waals surface area contributed by atoms with Gasteiger partial charge in [-0.1, -0.05) is 55.4 Å². The Bertz CT molecular complexity index is 1510. The van der Waals surface area contributed by atoms with E-state index in [2.05, 4.69) is 25.4 Å². The van der Waals surface area contributed by atoms with Crippen LogP contribution in [0.2, 0.25) is 0 Å². The SMILES string of the molecule is CC(C)[C@H](NC(=O)Cc1nc(=O)[nH]c2ccccc12)C(=O)c1noc(Cc2cccc(C(F)(F)F)c2)n1. The fourth-order valence-corrected chi connectivity index (χ4v) is 3.81. The summed E-state index contributed by atoms with van der Waals surface area (Å²) in [6.45, 7) is 3.43. The van der Waals surface area contributed by atoms with Gasteiger partial charge in [-0.2, -0.15) is 23.1 Å². The second kappa shape index (κ2) is 10.3. The molecule has 2 N–H and O–H groups in total. The van der Waals surface area contributed by atoms with Crippen molar-refractivity contribution in [1.82, 2.24) is 25.4 Å². The highest BCUT2D eigenvalue weighted by atomic mass is 19.4. The van der Waals surface area contributed by atoms with Crippen molar-refractivity contribution in [3.05, 3.63) is 87.6 Å². The van der Waals surface area contributed by atoms with Gasteiger partial charge in [-0.25, -0.2) is 4.79 Å². The lowest BCUT2D eigenvalue weighted by atomic mass is 9.99. The Balaban J connectivity index is 1.48. The van der Waals surface area contributed by atoms with Crippen LogP contribution in [-0.4, -0.2) is 37.8 Å². The number of fused-ring (bicyclic) bond motifs is 1.